The third-order valence-electron chi connectivity index (χ3n) is 2.00. The van der Waals surface area contributed by atoms with E-state index in [4.69, 9.17) is 4.74 Å². The van der Waals surface area contributed by atoms with Crippen molar-refractivity contribution in [3.05, 3.63) is 29.6 Å². The normalized spacial score (nSPS) is 14.0. The van der Waals surface area contributed by atoms with Crippen LogP contribution in [0, 0.1) is 5.82 Å². The molecule has 17 heavy (non-hydrogen) atoms. The summed E-state index contributed by atoms with van der Waals surface area (Å²) in [5.41, 5.74) is 0.556. The highest BCUT2D eigenvalue weighted by molar-refractivity contribution is 7.91. The number of ether oxygens (including phenoxy) is 1. The van der Waals surface area contributed by atoms with Gasteiger partial charge >= 0.3 is 0 Å². The number of hydrogen-bond donors (Lipinski definition) is 0. The third kappa shape index (κ3) is 4.02. The minimum Gasteiger partial charge on any atom is -0.591 e. The molecule has 0 radical (unpaired) electrons. The van der Waals surface area contributed by atoms with E-state index in [2.05, 4.69) is 4.40 Å². The topological polar surface area (TPSA) is 44.6 Å². The van der Waals surface area contributed by atoms with E-state index in [1.807, 2.05) is 20.8 Å². The molecule has 0 amide bonds. The van der Waals surface area contributed by atoms with Gasteiger partial charge in [-0.15, -0.1) is 0 Å². The molecule has 0 N–H and O–H groups in total. The van der Waals surface area contributed by atoms with Crippen molar-refractivity contribution < 1.29 is 13.7 Å². The molecule has 0 aliphatic rings. The van der Waals surface area contributed by atoms with Crippen LogP contribution < -0.4 is 4.74 Å². The largest absolute Gasteiger partial charge is 0.591 e. The first-order chi connectivity index (χ1) is 7.84. The first-order valence-electron chi connectivity index (χ1n) is 5.14. The Bertz CT molecular complexity index is 415. The lowest BCUT2D eigenvalue weighted by Crippen LogP contribution is -2.25. The molecule has 1 atom stereocenters. The second-order valence-corrected chi connectivity index (χ2v) is 6.42. The first kappa shape index (κ1) is 14.0. The Labute approximate surface area is 104 Å². The smallest absolute Gasteiger partial charge is 0.165 e. The zero-order valence-corrected chi connectivity index (χ0v) is 11.2. The molecule has 0 spiro atoms. The van der Waals surface area contributed by atoms with E-state index in [-0.39, 0.29) is 5.75 Å². The Morgan fingerprint density at radius 3 is 2.53 bits per heavy atom. The molecule has 1 rings (SSSR count). The maximum Gasteiger partial charge on any atom is 0.165 e. The van der Waals surface area contributed by atoms with Crippen molar-refractivity contribution in [3.8, 4) is 5.75 Å². The van der Waals surface area contributed by atoms with Crippen LogP contribution in [-0.2, 0) is 11.4 Å². The van der Waals surface area contributed by atoms with Gasteiger partial charge in [0.25, 0.3) is 0 Å². The van der Waals surface area contributed by atoms with E-state index < -0.39 is 21.9 Å². The highest BCUT2D eigenvalue weighted by atomic mass is 32.2. The molecule has 1 aromatic carbocycles. The van der Waals surface area contributed by atoms with E-state index in [0.717, 1.165) is 0 Å². The summed E-state index contributed by atoms with van der Waals surface area (Å²) in [4.78, 5) is 0. The van der Waals surface area contributed by atoms with E-state index in [9.17, 15) is 8.94 Å². The second-order valence-electron chi connectivity index (χ2n) is 4.49. The maximum absolute atomic E-state index is 13.3. The number of methoxy groups -OCH3 is 1. The van der Waals surface area contributed by atoms with Crippen LogP contribution in [0.15, 0.2) is 22.6 Å². The fourth-order valence-electron chi connectivity index (χ4n) is 1.03. The van der Waals surface area contributed by atoms with Crippen molar-refractivity contribution >= 4 is 17.6 Å². The fraction of sp³-hybridized carbons (Fsp3) is 0.417. The Balaban J connectivity index is 2.82. The summed E-state index contributed by atoms with van der Waals surface area (Å²) in [6.07, 6.45) is 1.41. The molecule has 0 saturated carbocycles. The average molecular weight is 257 g/mol. The lowest BCUT2D eigenvalue weighted by molar-refractivity contribution is 0.386. The molecular weight excluding hydrogens is 241 g/mol. The fourth-order valence-corrected chi connectivity index (χ4v) is 1.56. The molecule has 0 heterocycles. The lowest BCUT2D eigenvalue weighted by atomic mass is 10.2. The lowest BCUT2D eigenvalue weighted by Gasteiger charge is -2.17. The molecule has 3 nitrogen and oxygen atoms in total. The molecule has 0 aliphatic carbocycles. The molecule has 5 heteroatoms. The van der Waals surface area contributed by atoms with Gasteiger partial charge in [0, 0.05) is 5.56 Å². The monoisotopic (exact) mass is 257 g/mol. The maximum atomic E-state index is 13.3. The van der Waals surface area contributed by atoms with E-state index >= 15 is 0 Å². The Morgan fingerprint density at radius 2 is 2.06 bits per heavy atom. The summed E-state index contributed by atoms with van der Waals surface area (Å²) in [6, 6.07) is 4.46. The zero-order chi connectivity index (χ0) is 13.1. The standard InChI is InChI=1S/C12H16FNO2S/c1-12(2,3)17(15)14-8-9-5-6-11(16-4)10(13)7-9/h5-8H,1-4H3. The van der Waals surface area contributed by atoms with Crippen LogP contribution in [0.5, 0.6) is 5.75 Å². The molecule has 94 valence electrons. The van der Waals surface area contributed by atoms with Gasteiger partial charge in [0.15, 0.2) is 11.6 Å². The highest BCUT2D eigenvalue weighted by Crippen LogP contribution is 2.19. The van der Waals surface area contributed by atoms with Gasteiger partial charge in [-0.2, -0.15) is 0 Å². The molecule has 0 bridgehead atoms. The summed E-state index contributed by atoms with van der Waals surface area (Å²) in [5.74, 6) is -0.280. The Kier molecular flexibility index (Phi) is 4.54. The van der Waals surface area contributed by atoms with Crippen molar-refractivity contribution in [3.63, 3.8) is 0 Å². The van der Waals surface area contributed by atoms with Crippen LogP contribution in [-0.4, -0.2) is 22.6 Å². The van der Waals surface area contributed by atoms with Crippen LogP contribution in [0.25, 0.3) is 0 Å². The van der Waals surface area contributed by atoms with E-state index in [1.54, 1.807) is 6.07 Å². The summed E-state index contributed by atoms with van der Waals surface area (Å²) in [5, 5.41) is 0. The van der Waals surface area contributed by atoms with Gasteiger partial charge in [0.2, 0.25) is 0 Å². The number of benzene rings is 1. The van der Waals surface area contributed by atoms with Gasteiger partial charge in [-0.05, 0) is 39.0 Å². The first-order valence-corrected chi connectivity index (χ1v) is 6.25. The molecule has 1 aromatic rings. The predicted molar refractivity (Wildman–Crippen MR) is 68.4 cm³/mol. The third-order valence-corrected chi connectivity index (χ3v) is 3.34. The minimum atomic E-state index is -1.34. The summed E-state index contributed by atoms with van der Waals surface area (Å²) < 4.78 is 33.3. The second kappa shape index (κ2) is 5.51. The van der Waals surface area contributed by atoms with Gasteiger partial charge in [-0.25, -0.2) is 4.39 Å². The number of halogens is 1. The van der Waals surface area contributed by atoms with Crippen molar-refractivity contribution in [1.29, 1.82) is 0 Å². The number of rotatable bonds is 3. The van der Waals surface area contributed by atoms with Gasteiger partial charge in [0.1, 0.15) is 16.1 Å². The molecule has 1 unspecified atom stereocenters. The minimum absolute atomic E-state index is 0.180. The predicted octanol–water partition coefficient (Wildman–Crippen LogP) is 2.72. The quantitative estimate of drug-likeness (QED) is 0.617. The van der Waals surface area contributed by atoms with Crippen LogP contribution in [0.4, 0.5) is 4.39 Å². The van der Waals surface area contributed by atoms with Crippen LogP contribution in [0.2, 0.25) is 0 Å². The highest BCUT2D eigenvalue weighted by Gasteiger charge is 2.25. The number of hydrogen-bond acceptors (Lipinski definition) is 3. The number of nitrogens with zero attached hydrogens (tertiary/aromatic N) is 1. The van der Waals surface area contributed by atoms with Crippen molar-refractivity contribution in [2.75, 3.05) is 7.11 Å². The molecule has 0 aliphatic heterocycles. The molecule has 0 aromatic heterocycles. The average Bonchev–Trinajstić information content (AvgIpc) is 2.24. The molecule has 0 saturated heterocycles. The van der Waals surface area contributed by atoms with Crippen molar-refractivity contribution in [2.24, 2.45) is 4.40 Å². The summed E-state index contributed by atoms with van der Waals surface area (Å²) in [7, 11) is 1.40. The van der Waals surface area contributed by atoms with Crippen LogP contribution in [0.3, 0.4) is 0 Å². The van der Waals surface area contributed by atoms with Gasteiger partial charge in [-0.1, -0.05) is 4.40 Å². The van der Waals surface area contributed by atoms with Crippen LogP contribution >= 0.6 is 0 Å². The Hall–Kier alpha value is -1.07. The van der Waals surface area contributed by atoms with Crippen molar-refractivity contribution in [2.45, 2.75) is 25.5 Å². The summed E-state index contributed by atoms with van der Waals surface area (Å²) >= 11 is -1.34. The van der Waals surface area contributed by atoms with Crippen LogP contribution in [0.1, 0.15) is 26.3 Å². The zero-order valence-electron chi connectivity index (χ0n) is 10.4. The molecular formula is C12H16FNO2S. The van der Waals surface area contributed by atoms with Crippen molar-refractivity contribution in [1.82, 2.24) is 0 Å². The van der Waals surface area contributed by atoms with E-state index in [1.165, 1.54) is 25.5 Å². The van der Waals surface area contributed by atoms with Gasteiger partial charge in [0.05, 0.1) is 13.3 Å². The van der Waals surface area contributed by atoms with Gasteiger partial charge in [-0.3, -0.25) is 0 Å². The Morgan fingerprint density at radius 1 is 1.41 bits per heavy atom. The molecule has 0 fully saturated rings. The van der Waals surface area contributed by atoms with Gasteiger partial charge < -0.3 is 9.29 Å². The van der Waals surface area contributed by atoms with E-state index in [0.29, 0.717) is 5.56 Å². The SMILES string of the molecule is COc1ccc(C=N[S+]([O-])C(C)(C)C)cc1F. The summed E-state index contributed by atoms with van der Waals surface area (Å²) in [6.45, 7) is 5.49.